The molecule has 1 aliphatic rings. The van der Waals surface area contributed by atoms with Crippen LogP contribution in [0.5, 0.6) is 0 Å². The lowest BCUT2D eigenvalue weighted by Crippen LogP contribution is -2.49. The van der Waals surface area contributed by atoms with Crippen LogP contribution >= 0.6 is 11.3 Å². The Bertz CT molecular complexity index is 902. The number of amides is 1. The summed E-state index contributed by atoms with van der Waals surface area (Å²) in [6.07, 6.45) is 4.43. The fraction of sp³-hybridized carbons (Fsp3) is 0.300. The van der Waals surface area contributed by atoms with Gasteiger partial charge in [-0.3, -0.25) is 4.79 Å². The Kier molecular flexibility index (Phi) is 5.11. The Morgan fingerprint density at radius 3 is 2.41 bits per heavy atom. The number of anilines is 1. The van der Waals surface area contributed by atoms with E-state index in [1.165, 1.54) is 0 Å². The lowest BCUT2D eigenvalue weighted by Gasteiger charge is -2.34. The summed E-state index contributed by atoms with van der Waals surface area (Å²) in [4.78, 5) is 30.0. The van der Waals surface area contributed by atoms with Gasteiger partial charge in [0, 0.05) is 55.1 Å². The van der Waals surface area contributed by atoms with Crippen molar-refractivity contribution in [2.75, 3.05) is 31.1 Å². The summed E-state index contributed by atoms with van der Waals surface area (Å²) < 4.78 is 0. The molecule has 0 spiro atoms. The topological polar surface area (TPSA) is 62.2 Å². The predicted molar refractivity (Wildman–Crippen MR) is 107 cm³/mol. The Morgan fingerprint density at radius 2 is 1.78 bits per heavy atom. The highest BCUT2D eigenvalue weighted by Crippen LogP contribution is 2.23. The minimum atomic E-state index is 0.0719. The molecule has 0 atom stereocenters. The predicted octanol–water partition coefficient (Wildman–Crippen LogP) is 3.12. The Hall–Kier alpha value is -2.80. The van der Waals surface area contributed by atoms with Crippen LogP contribution in [0.25, 0.3) is 11.3 Å². The van der Waals surface area contributed by atoms with E-state index in [2.05, 4.69) is 32.2 Å². The van der Waals surface area contributed by atoms with Crippen molar-refractivity contribution in [3.63, 3.8) is 0 Å². The zero-order valence-electron chi connectivity index (χ0n) is 15.2. The number of benzene rings is 1. The second kappa shape index (κ2) is 7.84. The van der Waals surface area contributed by atoms with E-state index in [4.69, 9.17) is 0 Å². The highest BCUT2D eigenvalue weighted by Gasteiger charge is 2.23. The average molecular weight is 379 g/mol. The van der Waals surface area contributed by atoms with Gasteiger partial charge in [-0.25, -0.2) is 15.0 Å². The number of piperazine rings is 1. The molecule has 138 valence electrons. The molecule has 1 amide bonds. The van der Waals surface area contributed by atoms with Gasteiger partial charge in [0.15, 0.2) is 0 Å². The molecular formula is C20H21N5OS. The van der Waals surface area contributed by atoms with Gasteiger partial charge in [0.05, 0.1) is 10.7 Å². The monoisotopic (exact) mass is 379 g/mol. The minimum Gasteiger partial charge on any atom is -0.337 e. The molecule has 1 aromatic carbocycles. The number of thiazole rings is 1. The molecule has 4 rings (SSSR count). The number of aromatic nitrogens is 3. The van der Waals surface area contributed by atoms with Crippen molar-refractivity contribution in [3.8, 4) is 11.3 Å². The van der Waals surface area contributed by atoms with Crippen LogP contribution in [0.15, 0.2) is 48.1 Å². The number of nitrogens with zero attached hydrogens (tertiary/aromatic N) is 5. The van der Waals surface area contributed by atoms with Crippen LogP contribution in [0.4, 0.5) is 5.95 Å². The molecule has 3 aromatic rings. The largest absolute Gasteiger partial charge is 0.337 e. The maximum atomic E-state index is 12.8. The molecule has 0 radical (unpaired) electrons. The molecule has 1 fully saturated rings. The van der Waals surface area contributed by atoms with E-state index in [0.717, 1.165) is 41.7 Å². The summed E-state index contributed by atoms with van der Waals surface area (Å²) in [5, 5.41) is 3.20. The minimum absolute atomic E-state index is 0.0719. The summed E-state index contributed by atoms with van der Waals surface area (Å²) >= 11 is 1.67. The van der Waals surface area contributed by atoms with E-state index < -0.39 is 0 Å². The fourth-order valence-corrected chi connectivity index (χ4v) is 3.89. The van der Waals surface area contributed by atoms with Crippen molar-refractivity contribution < 1.29 is 4.79 Å². The maximum absolute atomic E-state index is 12.8. The van der Waals surface area contributed by atoms with Crippen molar-refractivity contribution >= 4 is 23.2 Å². The quantitative estimate of drug-likeness (QED) is 0.697. The normalized spacial score (nSPS) is 14.4. The molecule has 27 heavy (non-hydrogen) atoms. The summed E-state index contributed by atoms with van der Waals surface area (Å²) in [5.41, 5.74) is 2.75. The van der Waals surface area contributed by atoms with Crippen molar-refractivity contribution in [2.45, 2.75) is 13.3 Å². The van der Waals surface area contributed by atoms with Crippen molar-refractivity contribution in [2.24, 2.45) is 0 Å². The van der Waals surface area contributed by atoms with E-state index >= 15 is 0 Å². The molecule has 7 heteroatoms. The standard InChI is InChI=1S/C20H21N5OS/c1-2-18-23-17(14-27-18)15-4-6-16(7-5-15)19(26)24-10-12-25(13-11-24)20-21-8-3-9-22-20/h3-9,14H,2,10-13H2,1H3. The van der Waals surface area contributed by atoms with Gasteiger partial charge in [0.25, 0.3) is 5.91 Å². The van der Waals surface area contributed by atoms with Gasteiger partial charge in [-0.15, -0.1) is 11.3 Å². The number of carbonyl (C=O) groups is 1. The third-order valence-corrected chi connectivity index (χ3v) is 5.68. The smallest absolute Gasteiger partial charge is 0.253 e. The summed E-state index contributed by atoms with van der Waals surface area (Å²) in [7, 11) is 0. The molecule has 6 nitrogen and oxygen atoms in total. The van der Waals surface area contributed by atoms with Gasteiger partial charge >= 0.3 is 0 Å². The third-order valence-electron chi connectivity index (χ3n) is 4.68. The fourth-order valence-electron chi connectivity index (χ4n) is 3.14. The molecule has 0 unspecified atom stereocenters. The highest BCUT2D eigenvalue weighted by atomic mass is 32.1. The lowest BCUT2D eigenvalue weighted by molar-refractivity contribution is 0.0746. The van der Waals surface area contributed by atoms with E-state index in [9.17, 15) is 4.79 Å². The van der Waals surface area contributed by atoms with E-state index in [0.29, 0.717) is 18.7 Å². The van der Waals surface area contributed by atoms with Crippen LogP contribution in [0.3, 0.4) is 0 Å². The second-order valence-corrected chi connectivity index (χ2v) is 7.33. The number of hydrogen-bond acceptors (Lipinski definition) is 6. The first kappa shape index (κ1) is 17.6. The number of carbonyl (C=O) groups excluding carboxylic acids is 1. The highest BCUT2D eigenvalue weighted by molar-refractivity contribution is 7.09. The molecule has 0 N–H and O–H groups in total. The molecule has 3 heterocycles. The van der Waals surface area contributed by atoms with Crippen molar-refractivity contribution in [1.82, 2.24) is 19.9 Å². The number of aryl methyl sites for hydroxylation is 1. The van der Waals surface area contributed by atoms with E-state index in [1.807, 2.05) is 35.2 Å². The Labute approximate surface area is 162 Å². The van der Waals surface area contributed by atoms with Crippen LogP contribution in [0.2, 0.25) is 0 Å². The summed E-state index contributed by atoms with van der Waals surface area (Å²) in [5.74, 6) is 0.798. The van der Waals surface area contributed by atoms with Crippen molar-refractivity contribution in [3.05, 3.63) is 58.7 Å². The zero-order chi connectivity index (χ0) is 18.6. The first-order valence-corrected chi connectivity index (χ1v) is 9.98. The molecule has 2 aromatic heterocycles. The molecule has 0 saturated carbocycles. The number of rotatable bonds is 4. The van der Waals surface area contributed by atoms with Crippen LogP contribution in [-0.4, -0.2) is 51.9 Å². The third kappa shape index (κ3) is 3.83. The lowest BCUT2D eigenvalue weighted by atomic mass is 10.1. The Balaban J connectivity index is 1.40. The molecule has 0 bridgehead atoms. The van der Waals surface area contributed by atoms with E-state index in [1.54, 1.807) is 23.7 Å². The van der Waals surface area contributed by atoms with Crippen molar-refractivity contribution in [1.29, 1.82) is 0 Å². The number of hydrogen-bond donors (Lipinski definition) is 0. The summed E-state index contributed by atoms with van der Waals surface area (Å²) in [6.45, 7) is 4.93. The molecular weight excluding hydrogens is 358 g/mol. The first-order chi connectivity index (χ1) is 13.2. The average Bonchev–Trinajstić information content (AvgIpc) is 3.23. The van der Waals surface area contributed by atoms with Gasteiger partial charge in [-0.2, -0.15) is 0 Å². The van der Waals surface area contributed by atoms with Gasteiger partial charge in [-0.1, -0.05) is 19.1 Å². The second-order valence-electron chi connectivity index (χ2n) is 6.39. The SMILES string of the molecule is CCc1nc(-c2ccc(C(=O)N3CCN(c4ncccn4)CC3)cc2)cs1. The first-order valence-electron chi connectivity index (χ1n) is 9.10. The summed E-state index contributed by atoms with van der Waals surface area (Å²) in [6, 6.07) is 9.57. The van der Waals surface area contributed by atoms with Crippen LogP contribution < -0.4 is 4.90 Å². The molecule has 1 saturated heterocycles. The van der Waals surface area contributed by atoms with Crippen LogP contribution in [0, 0.1) is 0 Å². The zero-order valence-corrected chi connectivity index (χ0v) is 16.0. The van der Waals surface area contributed by atoms with Crippen LogP contribution in [0.1, 0.15) is 22.3 Å². The van der Waals surface area contributed by atoms with Gasteiger partial charge in [0.2, 0.25) is 5.95 Å². The van der Waals surface area contributed by atoms with Gasteiger partial charge < -0.3 is 9.80 Å². The van der Waals surface area contributed by atoms with Gasteiger partial charge in [0.1, 0.15) is 0 Å². The molecule has 0 aliphatic carbocycles. The Morgan fingerprint density at radius 1 is 1.07 bits per heavy atom. The van der Waals surface area contributed by atoms with Gasteiger partial charge in [-0.05, 0) is 24.6 Å². The van der Waals surface area contributed by atoms with Crippen LogP contribution in [-0.2, 0) is 6.42 Å². The molecule has 1 aliphatic heterocycles. The maximum Gasteiger partial charge on any atom is 0.253 e. The van der Waals surface area contributed by atoms with E-state index in [-0.39, 0.29) is 5.91 Å².